The van der Waals surface area contributed by atoms with Crippen molar-refractivity contribution in [3.8, 4) is 0 Å². The van der Waals surface area contributed by atoms with Crippen molar-refractivity contribution < 1.29 is 9.47 Å². The van der Waals surface area contributed by atoms with Gasteiger partial charge in [-0.3, -0.25) is 0 Å². The first-order valence-corrected chi connectivity index (χ1v) is 12.9. The number of unbranched alkanes of at least 4 members (excludes halogenated alkanes) is 15. The van der Waals surface area contributed by atoms with Gasteiger partial charge in [0.1, 0.15) is 0 Å². The third-order valence-electron chi connectivity index (χ3n) is 5.54. The monoisotopic (exact) mass is 413 g/mol. The van der Waals surface area contributed by atoms with Crippen LogP contribution in [0.25, 0.3) is 0 Å². The van der Waals surface area contributed by atoms with E-state index < -0.39 is 0 Å². The predicted octanol–water partition coefficient (Wildman–Crippen LogP) is 7.62. The van der Waals surface area contributed by atoms with Crippen molar-refractivity contribution in [1.82, 2.24) is 4.90 Å². The first kappa shape index (κ1) is 28.9. The topological polar surface area (TPSA) is 21.7 Å². The van der Waals surface area contributed by atoms with Crippen LogP contribution in [0, 0.1) is 0 Å². The molecule has 0 N–H and O–H groups in total. The number of ether oxygens (including phenoxy) is 2. The van der Waals surface area contributed by atoms with Crippen LogP contribution in [-0.2, 0) is 9.47 Å². The van der Waals surface area contributed by atoms with Gasteiger partial charge in [-0.15, -0.1) is 0 Å². The van der Waals surface area contributed by atoms with E-state index in [9.17, 15) is 0 Å². The maximum absolute atomic E-state index is 6.06. The maximum Gasteiger partial charge on any atom is 0.0934 e. The smallest absolute Gasteiger partial charge is 0.0934 e. The van der Waals surface area contributed by atoms with Crippen molar-refractivity contribution in [3.05, 3.63) is 0 Å². The number of likely N-dealkylation sites (N-methyl/N-ethyl adjacent to an activating group) is 1. The van der Waals surface area contributed by atoms with E-state index in [1.807, 2.05) is 0 Å². The highest BCUT2D eigenvalue weighted by Crippen LogP contribution is 2.13. The van der Waals surface area contributed by atoms with Crippen LogP contribution in [0.2, 0.25) is 0 Å². The molecule has 0 heterocycles. The van der Waals surface area contributed by atoms with E-state index in [2.05, 4.69) is 39.8 Å². The molecule has 0 saturated heterocycles. The molecule has 0 rings (SSSR count). The fourth-order valence-electron chi connectivity index (χ4n) is 3.76. The molecule has 0 aromatic carbocycles. The Morgan fingerprint density at radius 3 is 1.38 bits per heavy atom. The lowest BCUT2D eigenvalue weighted by Crippen LogP contribution is -2.33. The maximum atomic E-state index is 6.06. The third kappa shape index (κ3) is 24.0. The standard InChI is InChI=1S/C26H55NO2/c1-6-7-8-9-10-11-12-13-14-15-16-17-18-19-20-21-22-28-26(23-27(4)5)24-29-25(2)3/h25-26H,6-24H2,1-5H3. The van der Waals surface area contributed by atoms with E-state index in [0.717, 1.165) is 13.2 Å². The van der Waals surface area contributed by atoms with Gasteiger partial charge in [-0.2, -0.15) is 0 Å². The van der Waals surface area contributed by atoms with Crippen LogP contribution < -0.4 is 0 Å². The average molecular weight is 414 g/mol. The molecule has 0 saturated carbocycles. The molecule has 0 aliphatic heterocycles. The lowest BCUT2D eigenvalue weighted by atomic mass is 10.0. The van der Waals surface area contributed by atoms with Crippen LogP contribution in [-0.4, -0.2) is 51.0 Å². The zero-order valence-electron chi connectivity index (χ0n) is 20.9. The molecular formula is C26H55NO2. The molecule has 0 aliphatic rings. The summed E-state index contributed by atoms with van der Waals surface area (Å²) >= 11 is 0. The first-order valence-electron chi connectivity index (χ1n) is 12.9. The zero-order chi connectivity index (χ0) is 21.6. The summed E-state index contributed by atoms with van der Waals surface area (Å²) in [4.78, 5) is 2.18. The SMILES string of the molecule is CCCCCCCCCCCCCCCCCCOC(COC(C)C)CN(C)C. The molecule has 176 valence electrons. The van der Waals surface area contributed by atoms with Gasteiger partial charge in [0.15, 0.2) is 0 Å². The van der Waals surface area contributed by atoms with Gasteiger partial charge in [0.25, 0.3) is 0 Å². The summed E-state index contributed by atoms with van der Waals surface area (Å²) in [6.07, 6.45) is 23.0. The quantitative estimate of drug-likeness (QED) is 0.161. The molecule has 3 heteroatoms. The molecule has 1 unspecified atom stereocenters. The van der Waals surface area contributed by atoms with Gasteiger partial charge < -0.3 is 14.4 Å². The highest BCUT2D eigenvalue weighted by Gasteiger charge is 2.11. The molecule has 3 nitrogen and oxygen atoms in total. The van der Waals surface area contributed by atoms with Gasteiger partial charge in [-0.1, -0.05) is 103 Å². The van der Waals surface area contributed by atoms with E-state index >= 15 is 0 Å². The van der Waals surface area contributed by atoms with Gasteiger partial charge in [0.2, 0.25) is 0 Å². The Kier molecular flexibility index (Phi) is 22.5. The lowest BCUT2D eigenvalue weighted by Gasteiger charge is -2.22. The summed E-state index contributed by atoms with van der Waals surface area (Å²) in [5.41, 5.74) is 0. The van der Waals surface area contributed by atoms with E-state index in [1.165, 1.54) is 103 Å². The van der Waals surface area contributed by atoms with Crippen LogP contribution in [0.15, 0.2) is 0 Å². The predicted molar refractivity (Wildman–Crippen MR) is 129 cm³/mol. The van der Waals surface area contributed by atoms with E-state index in [-0.39, 0.29) is 12.2 Å². The molecule has 1 atom stereocenters. The molecule has 0 radical (unpaired) electrons. The molecule has 0 aromatic heterocycles. The van der Waals surface area contributed by atoms with E-state index in [0.29, 0.717) is 6.61 Å². The van der Waals surface area contributed by atoms with Crippen molar-refractivity contribution in [2.75, 3.05) is 33.9 Å². The molecule has 0 fully saturated rings. The summed E-state index contributed by atoms with van der Waals surface area (Å²) < 4.78 is 11.8. The number of rotatable bonds is 23. The Morgan fingerprint density at radius 2 is 1.00 bits per heavy atom. The van der Waals surface area contributed by atoms with E-state index in [4.69, 9.17) is 9.47 Å². The minimum atomic E-state index is 0.198. The lowest BCUT2D eigenvalue weighted by molar-refractivity contribution is -0.0444. The number of hydrogen-bond donors (Lipinski definition) is 0. The second-order valence-corrected chi connectivity index (χ2v) is 9.44. The molecule has 0 aromatic rings. The van der Waals surface area contributed by atoms with Crippen LogP contribution in [0.4, 0.5) is 0 Å². The van der Waals surface area contributed by atoms with Crippen molar-refractivity contribution in [2.45, 2.75) is 136 Å². The average Bonchev–Trinajstić information content (AvgIpc) is 2.67. The summed E-state index contributed by atoms with van der Waals surface area (Å²) in [5, 5.41) is 0. The van der Waals surface area contributed by atoms with Crippen molar-refractivity contribution in [1.29, 1.82) is 0 Å². The fourth-order valence-corrected chi connectivity index (χ4v) is 3.76. The van der Waals surface area contributed by atoms with Crippen molar-refractivity contribution in [2.24, 2.45) is 0 Å². The second-order valence-electron chi connectivity index (χ2n) is 9.44. The second kappa shape index (κ2) is 22.6. The van der Waals surface area contributed by atoms with Crippen LogP contribution >= 0.6 is 0 Å². The van der Waals surface area contributed by atoms with E-state index in [1.54, 1.807) is 0 Å². The van der Waals surface area contributed by atoms with Crippen LogP contribution in [0.5, 0.6) is 0 Å². The number of nitrogens with zero attached hydrogens (tertiary/aromatic N) is 1. The van der Waals surface area contributed by atoms with Gasteiger partial charge in [-0.05, 0) is 34.4 Å². The molecule has 0 bridgehead atoms. The minimum Gasteiger partial charge on any atom is -0.376 e. The number of hydrogen-bond acceptors (Lipinski definition) is 3. The molecule has 0 aliphatic carbocycles. The highest BCUT2D eigenvalue weighted by atomic mass is 16.5. The normalized spacial score (nSPS) is 12.9. The van der Waals surface area contributed by atoms with Crippen LogP contribution in [0.3, 0.4) is 0 Å². The first-order chi connectivity index (χ1) is 14.1. The minimum absolute atomic E-state index is 0.198. The van der Waals surface area contributed by atoms with Crippen molar-refractivity contribution in [3.63, 3.8) is 0 Å². The Balaban J connectivity index is 3.33. The Labute approximate surface area is 184 Å². The van der Waals surface area contributed by atoms with Gasteiger partial charge in [0.05, 0.1) is 18.8 Å². The molecule has 0 amide bonds. The van der Waals surface area contributed by atoms with Crippen LogP contribution in [0.1, 0.15) is 124 Å². The largest absolute Gasteiger partial charge is 0.376 e. The van der Waals surface area contributed by atoms with Gasteiger partial charge in [-0.25, -0.2) is 0 Å². The highest BCUT2D eigenvalue weighted by molar-refractivity contribution is 4.61. The Bertz CT molecular complexity index is 307. The molecular weight excluding hydrogens is 358 g/mol. The summed E-state index contributed by atoms with van der Waals surface area (Å²) in [6.45, 7) is 8.98. The van der Waals surface area contributed by atoms with Crippen molar-refractivity contribution >= 4 is 0 Å². The zero-order valence-corrected chi connectivity index (χ0v) is 20.9. The molecule has 29 heavy (non-hydrogen) atoms. The van der Waals surface area contributed by atoms with Gasteiger partial charge in [0, 0.05) is 13.2 Å². The fraction of sp³-hybridized carbons (Fsp3) is 1.00. The van der Waals surface area contributed by atoms with Gasteiger partial charge >= 0.3 is 0 Å². The summed E-state index contributed by atoms with van der Waals surface area (Å²) in [7, 11) is 4.20. The summed E-state index contributed by atoms with van der Waals surface area (Å²) in [5.74, 6) is 0. The summed E-state index contributed by atoms with van der Waals surface area (Å²) in [6, 6.07) is 0. The third-order valence-corrected chi connectivity index (χ3v) is 5.54. The molecule has 0 spiro atoms. The Hall–Kier alpha value is -0.120. The Morgan fingerprint density at radius 1 is 0.586 bits per heavy atom.